The third kappa shape index (κ3) is 3.78. The van der Waals surface area contributed by atoms with Gasteiger partial charge in [-0.1, -0.05) is 20.8 Å². The second kappa shape index (κ2) is 7.72. The fourth-order valence-corrected chi connectivity index (χ4v) is 9.20. The lowest BCUT2D eigenvalue weighted by molar-refractivity contribution is -0.155. The van der Waals surface area contributed by atoms with Crippen molar-refractivity contribution < 1.29 is 14.6 Å². The van der Waals surface area contributed by atoms with Crippen LogP contribution >= 0.6 is 0 Å². The van der Waals surface area contributed by atoms with Crippen LogP contribution in [0.15, 0.2) is 0 Å². The summed E-state index contributed by atoms with van der Waals surface area (Å²) < 4.78 is 13.5. The third-order valence-corrected chi connectivity index (χ3v) is 11.0. The predicted octanol–water partition coefficient (Wildman–Crippen LogP) is 6.53. The lowest BCUT2D eigenvalue weighted by Crippen LogP contribution is -2.56. The van der Waals surface area contributed by atoms with E-state index in [0.717, 1.165) is 42.9 Å². The molecule has 4 aliphatic rings. The zero-order chi connectivity index (χ0) is 21.9. The number of hydrogen-bond donors (Lipinski definition) is 2. The van der Waals surface area contributed by atoms with Gasteiger partial charge in [0.15, 0.2) is 0 Å². The van der Waals surface area contributed by atoms with Crippen LogP contribution in [0.3, 0.4) is 0 Å². The quantitative estimate of drug-likeness (QED) is 0.528. The van der Waals surface area contributed by atoms with Crippen LogP contribution in [0.25, 0.3) is 0 Å². The first kappa shape index (κ1) is 23.0. The lowest BCUT2D eigenvalue weighted by Gasteiger charge is -2.62. The molecule has 2 N–H and O–H groups in total. The molecule has 4 rings (SSSR count). The lowest BCUT2D eigenvalue weighted by atomic mass is 9.43. The molecular formula is C27H47FO2. The van der Waals surface area contributed by atoms with Crippen molar-refractivity contribution in [2.45, 2.75) is 116 Å². The summed E-state index contributed by atoms with van der Waals surface area (Å²) in [6.45, 7) is 10.8. The van der Waals surface area contributed by atoms with Crippen LogP contribution in [0, 0.1) is 46.3 Å². The van der Waals surface area contributed by atoms with Crippen LogP contribution in [0.1, 0.15) is 105 Å². The van der Waals surface area contributed by atoms with Crippen molar-refractivity contribution in [3.05, 3.63) is 0 Å². The third-order valence-electron chi connectivity index (χ3n) is 11.0. The minimum absolute atomic E-state index is 0.302. The highest BCUT2D eigenvalue weighted by atomic mass is 19.1. The van der Waals surface area contributed by atoms with Crippen molar-refractivity contribution in [3.63, 3.8) is 0 Å². The highest BCUT2D eigenvalue weighted by molar-refractivity contribution is 5.11. The van der Waals surface area contributed by atoms with Crippen molar-refractivity contribution in [1.82, 2.24) is 0 Å². The van der Waals surface area contributed by atoms with Gasteiger partial charge in [-0.05, 0) is 131 Å². The molecule has 0 aromatic rings. The van der Waals surface area contributed by atoms with Crippen LogP contribution in [-0.2, 0) is 0 Å². The molecule has 0 bridgehead atoms. The Labute approximate surface area is 184 Å². The molecule has 0 spiro atoms. The molecule has 0 aromatic carbocycles. The van der Waals surface area contributed by atoms with Gasteiger partial charge >= 0.3 is 0 Å². The average Bonchev–Trinajstić information content (AvgIpc) is 3.03. The fraction of sp³-hybridized carbons (Fsp3) is 1.00. The number of hydrogen-bond acceptors (Lipinski definition) is 2. The van der Waals surface area contributed by atoms with Crippen LogP contribution in [0.2, 0.25) is 0 Å². The van der Waals surface area contributed by atoms with Crippen LogP contribution in [0.4, 0.5) is 4.39 Å². The smallest absolute Gasteiger partial charge is 0.118 e. The molecule has 30 heavy (non-hydrogen) atoms. The summed E-state index contributed by atoms with van der Waals surface area (Å²) in [7, 11) is 0. The molecule has 3 unspecified atom stereocenters. The average molecular weight is 423 g/mol. The van der Waals surface area contributed by atoms with Gasteiger partial charge in [-0.3, -0.25) is 0 Å². The zero-order valence-corrected chi connectivity index (χ0v) is 20.2. The molecule has 0 heterocycles. The SMILES string of the molecule is C[C@H](CCC(C)(C)O)[C@H]1CCC2C3CC[C@H]4C[C@@](O)(CF)CC[C@]4(C)C3CC[C@@]21C. The fourth-order valence-electron chi connectivity index (χ4n) is 9.20. The maximum absolute atomic E-state index is 13.5. The molecule has 4 aliphatic carbocycles. The molecule has 9 atom stereocenters. The Balaban J connectivity index is 1.49. The first-order chi connectivity index (χ1) is 13.9. The Morgan fingerprint density at radius 3 is 2.33 bits per heavy atom. The van der Waals surface area contributed by atoms with E-state index in [1.165, 1.54) is 38.5 Å². The summed E-state index contributed by atoms with van der Waals surface area (Å²) in [5.41, 5.74) is -0.844. The maximum Gasteiger partial charge on any atom is 0.118 e. The molecule has 0 aliphatic heterocycles. The van der Waals surface area contributed by atoms with Crippen molar-refractivity contribution in [3.8, 4) is 0 Å². The van der Waals surface area contributed by atoms with Gasteiger partial charge in [-0.2, -0.15) is 0 Å². The summed E-state index contributed by atoms with van der Waals surface area (Å²) in [6, 6.07) is 0. The van der Waals surface area contributed by atoms with Crippen molar-refractivity contribution in [2.24, 2.45) is 46.3 Å². The van der Waals surface area contributed by atoms with E-state index >= 15 is 0 Å². The molecular weight excluding hydrogens is 375 g/mol. The molecule has 0 saturated heterocycles. The van der Waals surface area contributed by atoms with E-state index in [2.05, 4.69) is 20.8 Å². The Morgan fingerprint density at radius 1 is 0.967 bits per heavy atom. The second-order valence-electron chi connectivity index (χ2n) is 13.3. The van der Waals surface area contributed by atoms with Gasteiger partial charge in [0.25, 0.3) is 0 Å². The second-order valence-corrected chi connectivity index (χ2v) is 13.3. The van der Waals surface area contributed by atoms with Gasteiger partial charge in [0.2, 0.25) is 0 Å². The first-order valence-electron chi connectivity index (χ1n) is 12.9. The minimum atomic E-state index is -1.05. The van der Waals surface area contributed by atoms with E-state index in [1.807, 2.05) is 13.8 Å². The molecule has 4 saturated carbocycles. The number of alkyl halides is 1. The largest absolute Gasteiger partial charge is 0.390 e. The summed E-state index contributed by atoms with van der Waals surface area (Å²) in [4.78, 5) is 0. The van der Waals surface area contributed by atoms with Gasteiger partial charge < -0.3 is 10.2 Å². The number of fused-ring (bicyclic) bond motifs is 5. The normalized spacial score (nSPS) is 49.8. The van der Waals surface area contributed by atoms with Crippen molar-refractivity contribution in [1.29, 1.82) is 0 Å². The predicted molar refractivity (Wildman–Crippen MR) is 121 cm³/mol. The first-order valence-corrected chi connectivity index (χ1v) is 12.9. The molecule has 0 amide bonds. The summed E-state index contributed by atoms with van der Waals surface area (Å²) >= 11 is 0. The monoisotopic (exact) mass is 422 g/mol. The molecule has 0 radical (unpaired) electrons. The van der Waals surface area contributed by atoms with Crippen molar-refractivity contribution >= 4 is 0 Å². The van der Waals surface area contributed by atoms with E-state index in [9.17, 15) is 14.6 Å². The van der Waals surface area contributed by atoms with E-state index < -0.39 is 17.9 Å². The van der Waals surface area contributed by atoms with E-state index in [4.69, 9.17) is 0 Å². The maximum atomic E-state index is 13.5. The molecule has 174 valence electrons. The minimum Gasteiger partial charge on any atom is -0.390 e. The summed E-state index contributed by atoms with van der Waals surface area (Å²) in [5.74, 6) is 4.41. The summed E-state index contributed by atoms with van der Waals surface area (Å²) in [5, 5.41) is 20.8. The van der Waals surface area contributed by atoms with Crippen LogP contribution in [0.5, 0.6) is 0 Å². The molecule has 3 heteroatoms. The molecule has 2 nitrogen and oxygen atoms in total. The number of rotatable bonds is 5. The van der Waals surface area contributed by atoms with Gasteiger partial charge in [0, 0.05) is 0 Å². The van der Waals surface area contributed by atoms with E-state index in [0.29, 0.717) is 35.5 Å². The van der Waals surface area contributed by atoms with E-state index in [-0.39, 0.29) is 0 Å². The van der Waals surface area contributed by atoms with Gasteiger partial charge in [-0.15, -0.1) is 0 Å². The van der Waals surface area contributed by atoms with Gasteiger partial charge in [0.1, 0.15) is 6.67 Å². The number of halogens is 1. The highest BCUT2D eigenvalue weighted by Gasteiger charge is 2.61. The van der Waals surface area contributed by atoms with Gasteiger partial charge in [0.05, 0.1) is 11.2 Å². The highest BCUT2D eigenvalue weighted by Crippen LogP contribution is 2.68. The topological polar surface area (TPSA) is 40.5 Å². The zero-order valence-electron chi connectivity index (χ0n) is 20.2. The Kier molecular flexibility index (Phi) is 5.92. The standard InChI is InChI=1S/C27H47FO2/c1-18(10-12-24(2,3)29)21-8-9-22-20-7-6-19-16-27(30,17-28)15-14-25(19,4)23(20)11-13-26(21,22)5/h18-23,29-30H,6-17H2,1-5H3/t18-,19+,20?,21-,22?,23?,25+,26-,27-/m1/s1. The molecule has 0 aromatic heterocycles. The Hall–Kier alpha value is -0.150. The Bertz CT molecular complexity index is 629. The molecule has 4 fully saturated rings. The summed E-state index contributed by atoms with van der Waals surface area (Å²) in [6.07, 6.45) is 12.3. The van der Waals surface area contributed by atoms with Crippen LogP contribution in [-0.4, -0.2) is 28.1 Å². The Morgan fingerprint density at radius 2 is 1.67 bits per heavy atom. The number of aliphatic hydroxyl groups is 2. The van der Waals surface area contributed by atoms with Gasteiger partial charge in [-0.25, -0.2) is 4.39 Å². The van der Waals surface area contributed by atoms with E-state index in [1.54, 1.807) is 0 Å². The van der Waals surface area contributed by atoms with Crippen LogP contribution < -0.4 is 0 Å². The van der Waals surface area contributed by atoms with Crippen molar-refractivity contribution in [2.75, 3.05) is 6.67 Å².